The number of benzene rings is 1. The van der Waals surface area contributed by atoms with Crippen molar-refractivity contribution in [2.45, 2.75) is 31.4 Å². The lowest BCUT2D eigenvalue weighted by Crippen LogP contribution is -2.08. The molecule has 1 nitrogen and oxygen atoms in total. The number of aromatic amines is 1. The Hall–Kier alpha value is -1.45. The van der Waals surface area contributed by atoms with E-state index in [-0.39, 0.29) is 5.52 Å². The van der Waals surface area contributed by atoms with Crippen LogP contribution in [0.2, 0.25) is 0 Å². The Kier molecular flexibility index (Phi) is 2.21. The SMILES string of the molecule is FC(F)(F)c1cccc2c(C3CCC3)c[nH]c12. The zero-order chi connectivity index (χ0) is 12.0. The van der Waals surface area contributed by atoms with Crippen LogP contribution >= 0.6 is 0 Å². The summed E-state index contributed by atoms with van der Waals surface area (Å²) in [7, 11) is 0. The van der Waals surface area contributed by atoms with Crippen LogP contribution < -0.4 is 0 Å². The normalized spacial score (nSPS) is 17.4. The summed E-state index contributed by atoms with van der Waals surface area (Å²) in [6, 6.07) is 4.39. The van der Waals surface area contributed by atoms with Gasteiger partial charge in [0.25, 0.3) is 0 Å². The number of rotatable bonds is 1. The molecule has 1 aromatic heterocycles. The topological polar surface area (TPSA) is 15.8 Å². The van der Waals surface area contributed by atoms with E-state index in [1.54, 1.807) is 12.3 Å². The second-order valence-corrected chi connectivity index (χ2v) is 4.60. The molecular formula is C13H12F3N. The lowest BCUT2D eigenvalue weighted by Gasteiger charge is -2.25. The lowest BCUT2D eigenvalue weighted by atomic mass is 9.80. The summed E-state index contributed by atoms with van der Waals surface area (Å²) in [6.45, 7) is 0. The first kappa shape index (κ1) is 10.7. The van der Waals surface area contributed by atoms with E-state index in [9.17, 15) is 13.2 Å². The standard InChI is InChI=1S/C13H12F3N/c14-13(15,16)11-6-2-5-9-10(7-17-12(9)11)8-3-1-4-8/h2,5-8,17H,1,3-4H2. The third kappa shape index (κ3) is 1.63. The third-order valence-electron chi connectivity index (χ3n) is 3.60. The molecule has 0 saturated heterocycles. The molecule has 4 heteroatoms. The van der Waals surface area contributed by atoms with E-state index in [0.717, 1.165) is 29.9 Å². The largest absolute Gasteiger partial charge is 0.418 e. The fourth-order valence-electron chi connectivity index (χ4n) is 2.47. The summed E-state index contributed by atoms with van der Waals surface area (Å²) in [5, 5.41) is 0.726. The minimum absolute atomic E-state index is 0.224. The predicted octanol–water partition coefficient (Wildman–Crippen LogP) is 4.45. The molecule has 0 aliphatic heterocycles. The molecular weight excluding hydrogens is 227 g/mol. The Balaban J connectivity index is 2.18. The number of H-pyrrole nitrogens is 1. The highest BCUT2D eigenvalue weighted by Crippen LogP contribution is 2.42. The molecule has 0 spiro atoms. The molecule has 1 saturated carbocycles. The molecule has 0 bridgehead atoms. The minimum Gasteiger partial charge on any atom is -0.360 e. The molecule has 0 radical (unpaired) electrons. The number of fused-ring (bicyclic) bond motifs is 1. The fourth-order valence-corrected chi connectivity index (χ4v) is 2.47. The second-order valence-electron chi connectivity index (χ2n) is 4.60. The average Bonchev–Trinajstić information content (AvgIpc) is 2.58. The molecule has 0 unspecified atom stereocenters. The van der Waals surface area contributed by atoms with Crippen LogP contribution in [0.15, 0.2) is 24.4 Å². The Morgan fingerprint density at radius 2 is 1.94 bits per heavy atom. The number of halogens is 3. The van der Waals surface area contributed by atoms with Gasteiger partial charge in [0.15, 0.2) is 0 Å². The highest BCUT2D eigenvalue weighted by atomic mass is 19.4. The highest BCUT2D eigenvalue weighted by molar-refractivity contribution is 5.87. The van der Waals surface area contributed by atoms with Gasteiger partial charge < -0.3 is 4.98 Å². The number of nitrogens with one attached hydrogen (secondary N) is 1. The summed E-state index contributed by atoms with van der Waals surface area (Å²) in [4.78, 5) is 2.79. The van der Waals surface area contributed by atoms with Gasteiger partial charge in [-0.2, -0.15) is 13.2 Å². The van der Waals surface area contributed by atoms with Gasteiger partial charge in [-0.25, -0.2) is 0 Å². The maximum atomic E-state index is 12.8. The maximum Gasteiger partial charge on any atom is 0.418 e. The van der Waals surface area contributed by atoms with Gasteiger partial charge in [0.2, 0.25) is 0 Å². The zero-order valence-corrected chi connectivity index (χ0v) is 9.14. The van der Waals surface area contributed by atoms with Crippen LogP contribution in [0.25, 0.3) is 10.9 Å². The molecule has 1 aliphatic carbocycles. The first-order valence-electron chi connectivity index (χ1n) is 5.74. The summed E-state index contributed by atoms with van der Waals surface area (Å²) < 4.78 is 38.4. The van der Waals surface area contributed by atoms with Crippen molar-refractivity contribution in [2.24, 2.45) is 0 Å². The molecule has 3 rings (SSSR count). The van der Waals surface area contributed by atoms with E-state index < -0.39 is 11.7 Å². The van der Waals surface area contributed by atoms with Crippen LogP contribution in [0, 0.1) is 0 Å². The number of alkyl halides is 3. The molecule has 17 heavy (non-hydrogen) atoms. The third-order valence-corrected chi connectivity index (χ3v) is 3.60. The second kappa shape index (κ2) is 3.52. The van der Waals surface area contributed by atoms with Crippen molar-refractivity contribution in [3.63, 3.8) is 0 Å². The van der Waals surface area contributed by atoms with Crippen LogP contribution in [0.1, 0.15) is 36.3 Å². The smallest absolute Gasteiger partial charge is 0.360 e. The molecule has 0 amide bonds. The van der Waals surface area contributed by atoms with Gasteiger partial charge in [0.1, 0.15) is 0 Å². The summed E-state index contributed by atoms with van der Waals surface area (Å²) in [5.41, 5.74) is 0.694. The van der Waals surface area contributed by atoms with Gasteiger partial charge in [-0.05, 0) is 30.4 Å². The molecule has 1 N–H and O–H groups in total. The minimum atomic E-state index is -4.29. The molecule has 1 heterocycles. The van der Waals surface area contributed by atoms with Crippen molar-refractivity contribution in [3.05, 3.63) is 35.5 Å². The monoisotopic (exact) mass is 239 g/mol. The van der Waals surface area contributed by atoms with Crippen LogP contribution in [0.3, 0.4) is 0 Å². The van der Waals surface area contributed by atoms with E-state index in [4.69, 9.17) is 0 Å². The summed E-state index contributed by atoms with van der Waals surface area (Å²) >= 11 is 0. The Bertz CT molecular complexity index is 549. The number of aromatic nitrogens is 1. The van der Waals surface area contributed by atoms with Gasteiger partial charge >= 0.3 is 6.18 Å². The highest BCUT2D eigenvalue weighted by Gasteiger charge is 2.34. The van der Waals surface area contributed by atoms with Crippen LogP contribution in [-0.2, 0) is 6.18 Å². The van der Waals surface area contributed by atoms with Crippen LogP contribution in [-0.4, -0.2) is 4.98 Å². The van der Waals surface area contributed by atoms with Gasteiger partial charge in [0, 0.05) is 11.6 Å². The van der Waals surface area contributed by atoms with Gasteiger partial charge in [-0.1, -0.05) is 18.6 Å². The lowest BCUT2D eigenvalue weighted by molar-refractivity contribution is -0.136. The summed E-state index contributed by atoms with van der Waals surface area (Å²) in [6.07, 6.45) is 0.799. The van der Waals surface area contributed by atoms with Crippen molar-refractivity contribution in [2.75, 3.05) is 0 Å². The van der Waals surface area contributed by atoms with Crippen molar-refractivity contribution in [3.8, 4) is 0 Å². The fraction of sp³-hybridized carbons (Fsp3) is 0.385. The van der Waals surface area contributed by atoms with E-state index >= 15 is 0 Å². The summed E-state index contributed by atoms with van der Waals surface area (Å²) in [5.74, 6) is 0.437. The molecule has 1 aliphatic rings. The number of para-hydroxylation sites is 1. The van der Waals surface area contributed by atoms with Gasteiger partial charge in [-0.15, -0.1) is 0 Å². The van der Waals surface area contributed by atoms with Crippen molar-refractivity contribution < 1.29 is 13.2 Å². The van der Waals surface area contributed by atoms with Crippen molar-refractivity contribution >= 4 is 10.9 Å². The van der Waals surface area contributed by atoms with Crippen molar-refractivity contribution in [1.82, 2.24) is 4.98 Å². The zero-order valence-electron chi connectivity index (χ0n) is 9.14. The average molecular weight is 239 g/mol. The van der Waals surface area contributed by atoms with Gasteiger partial charge in [-0.3, -0.25) is 0 Å². The van der Waals surface area contributed by atoms with E-state index in [1.807, 2.05) is 0 Å². The van der Waals surface area contributed by atoms with Crippen LogP contribution in [0.5, 0.6) is 0 Å². The van der Waals surface area contributed by atoms with Gasteiger partial charge in [0.05, 0.1) is 11.1 Å². The predicted molar refractivity (Wildman–Crippen MR) is 59.9 cm³/mol. The molecule has 1 fully saturated rings. The quantitative estimate of drug-likeness (QED) is 0.756. The molecule has 2 aromatic rings. The van der Waals surface area contributed by atoms with E-state index in [2.05, 4.69) is 4.98 Å². The van der Waals surface area contributed by atoms with Crippen LogP contribution in [0.4, 0.5) is 13.2 Å². The van der Waals surface area contributed by atoms with E-state index in [0.29, 0.717) is 5.92 Å². The molecule has 0 atom stereocenters. The number of hydrogen-bond acceptors (Lipinski definition) is 0. The van der Waals surface area contributed by atoms with Crippen molar-refractivity contribution in [1.29, 1.82) is 0 Å². The Morgan fingerprint density at radius 1 is 1.18 bits per heavy atom. The number of hydrogen-bond donors (Lipinski definition) is 1. The molecule has 90 valence electrons. The Morgan fingerprint density at radius 3 is 2.53 bits per heavy atom. The molecule has 1 aromatic carbocycles. The maximum absolute atomic E-state index is 12.8. The van der Waals surface area contributed by atoms with E-state index in [1.165, 1.54) is 12.5 Å². The first-order chi connectivity index (χ1) is 8.07. The Labute approximate surface area is 96.6 Å². The first-order valence-corrected chi connectivity index (χ1v) is 5.74.